The number of aromatic nitrogens is 1. The molecule has 6 heteroatoms. The number of hydrogen-bond acceptors (Lipinski definition) is 2. The van der Waals surface area contributed by atoms with E-state index in [2.05, 4.69) is 94.0 Å². The number of benzene rings is 2. The van der Waals surface area contributed by atoms with Gasteiger partial charge in [-0.25, -0.2) is 0 Å². The van der Waals surface area contributed by atoms with Gasteiger partial charge in [0.1, 0.15) is 6.54 Å². The van der Waals surface area contributed by atoms with Crippen molar-refractivity contribution in [2.24, 2.45) is 5.92 Å². The molecule has 2 saturated carbocycles. The summed E-state index contributed by atoms with van der Waals surface area (Å²) >= 11 is 3.52. The molecule has 3 aromatic rings. The first-order chi connectivity index (χ1) is 19.4. The van der Waals surface area contributed by atoms with Gasteiger partial charge in [-0.05, 0) is 73.9 Å². The average Bonchev–Trinajstić information content (AvgIpc) is 3.68. The van der Waals surface area contributed by atoms with Crippen molar-refractivity contribution in [3.05, 3.63) is 94.2 Å². The van der Waals surface area contributed by atoms with E-state index < -0.39 is 0 Å². The van der Waals surface area contributed by atoms with E-state index in [1.54, 1.807) is 0 Å². The Morgan fingerprint density at radius 1 is 0.975 bits per heavy atom. The molecule has 40 heavy (non-hydrogen) atoms. The summed E-state index contributed by atoms with van der Waals surface area (Å²) in [6.07, 6.45) is 9.43. The Bertz CT molecular complexity index is 1270. The lowest BCUT2D eigenvalue weighted by molar-refractivity contribution is -0.145. The molecule has 2 amide bonds. The number of carbonyl (C=O) groups excluding carboxylic acids is 2. The molecule has 2 aromatic carbocycles. The summed E-state index contributed by atoms with van der Waals surface area (Å²) in [4.78, 5) is 31.9. The van der Waals surface area contributed by atoms with Crippen LogP contribution in [0, 0.1) is 5.92 Å². The Morgan fingerprint density at radius 2 is 1.70 bits per heavy atom. The maximum absolute atomic E-state index is 14.1. The molecule has 1 heterocycles. The van der Waals surface area contributed by atoms with Gasteiger partial charge in [0.25, 0.3) is 0 Å². The summed E-state index contributed by atoms with van der Waals surface area (Å²) in [5, 5.41) is 0. The summed E-state index contributed by atoms with van der Waals surface area (Å²) in [7, 11) is 0. The summed E-state index contributed by atoms with van der Waals surface area (Å²) in [6, 6.07) is 23.2. The van der Waals surface area contributed by atoms with Gasteiger partial charge < -0.3 is 14.4 Å². The third-order valence-electron chi connectivity index (χ3n) is 8.90. The van der Waals surface area contributed by atoms with E-state index in [1.807, 2.05) is 23.1 Å². The molecule has 2 aliphatic rings. The molecule has 0 aliphatic heterocycles. The molecular formula is C34H42BrN3O2. The van der Waals surface area contributed by atoms with E-state index in [4.69, 9.17) is 0 Å². The molecule has 0 spiro atoms. The van der Waals surface area contributed by atoms with Crippen LogP contribution in [0.3, 0.4) is 0 Å². The fraction of sp³-hybridized carbons (Fsp3) is 0.471. The maximum atomic E-state index is 14.1. The van der Waals surface area contributed by atoms with E-state index >= 15 is 0 Å². The molecule has 0 bridgehead atoms. The van der Waals surface area contributed by atoms with Gasteiger partial charge in [0, 0.05) is 40.9 Å². The van der Waals surface area contributed by atoms with E-state index in [0.29, 0.717) is 6.54 Å². The molecule has 1 aromatic heterocycles. The SMILES string of the molecule is CCC(C)N(CC(=O)N(Cc1cccn1Cc1ccc(Br)cc1)C1CCCCC1)C(=O)C1C[C@H]1c1ccccc1. The molecule has 5 nitrogen and oxygen atoms in total. The first kappa shape index (κ1) is 28.7. The minimum Gasteiger partial charge on any atom is -0.345 e. The third kappa shape index (κ3) is 6.88. The van der Waals surface area contributed by atoms with Crippen molar-refractivity contribution in [1.29, 1.82) is 0 Å². The predicted octanol–water partition coefficient (Wildman–Crippen LogP) is 7.39. The minimum absolute atomic E-state index is 0.0181. The van der Waals surface area contributed by atoms with Crippen LogP contribution in [-0.4, -0.2) is 44.8 Å². The number of hydrogen-bond donors (Lipinski definition) is 0. The molecule has 0 N–H and O–H groups in total. The van der Waals surface area contributed by atoms with Crippen LogP contribution in [0.4, 0.5) is 0 Å². The summed E-state index contributed by atoms with van der Waals surface area (Å²) in [5.41, 5.74) is 3.59. The summed E-state index contributed by atoms with van der Waals surface area (Å²) in [6.45, 7) is 5.69. The van der Waals surface area contributed by atoms with Crippen molar-refractivity contribution in [3.8, 4) is 0 Å². The standard InChI is InChI=1S/C34H42BrN3O2/c1-3-25(2)37(34(40)32-21-31(32)27-11-6-4-7-12-27)24-33(39)38(29-13-8-5-9-14-29)23-30-15-10-20-36(30)22-26-16-18-28(35)19-17-26/h4,6-7,10-12,15-20,25,29,31-32H,3,5,8-9,13-14,21-24H2,1-2H3/t25?,31-,32?/m0/s1. The molecule has 0 saturated heterocycles. The second kappa shape index (κ2) is 13.2. The van der Waals surface area contributed by atoms with Gasteiger partial charge in [0.15, 0.2) is 0 Å². The summed E-state index contributed by atoms with van der Waals surface area (Å²) < 4.78 is 3.32. The van der Waals surface area contributed by atoms with E-state index in [9.17, 15) is 9.59 Å². The topological polar surface area (TPSA) is 45.6 Å². The molecule has 0 radical (unpaired) electrons. The molecule has 212 valence electrons. The van der Waals surface area contributed by atoms with Crippen molar-refractivity contribution >= 4 is 27.7 Å². The van der Waals surface area contributed by atoms with E-state index in [1.165, 1.54) is 17.5 Å². The average molecular weight is 605 g/mol. The normalized spacial score (nSPS) is 19.7. The largest absolute Gasteiger partial charge is 0.345 e. The maximum Gasteiger partial charge on any atom is 0.242 e. The number of halogens is 1. The molecule has 2 aliphatic carbocycles. The molecule has 2 unspecified atom stereocenters. The monoisotopic (exact) mass is 603 g/mol. The zero-order chi connectivity index (χ0) is 28.1. The van der Waals surface area contributed by atoms with Crippen LogP contribution in [0.2, 0.25) is 0 Å². The van der Waals surface area contributed by atoms with Crippen molar-refractivity contribution in [2.45, 2.75) is 89.9 Å². The predicted molar refractivity (Wildman–Crippen MR) is 164 cm³/mol. The van der Waals surface area contributed by atoms with Crippen molar-refractivity contribution in [2.75, 3.05) is 6.54 Å². The van der Waals surface area contributed by atoms with Crippen molar-refractivity contribution < 1.29 is 9.59 Å². The van der Waals surface area contributed by atoms with Crippen LogP contribution in [0.25, 0.3) is 0 Å². The Hall–Kier alpha value is -2.86. The lowest BCUT2D eigenvalue weighted by atomic mass is 9.94. The Labute approximate surface area is 247 Å². The van der Waals surface area contributed by atoms with E-state index in [0.717, 1.165) is 55.2 Å². The van der Waals surface area contributed by atoms with Gasteiger partial charge in [-0.15, -0.1) is 0 Å². The quantitative estimate of drug-likeness (QED) is 0.229. The highest BCUT2D eigenvalue weighted by Gasteiger charge is 2.46. The van der Waals surface area contributed by atoms with E-state index in [-0.39, 0.29) is 42.3 Å². The Balaban J connectivity index is 1.32. The second-order valence-corrected chi connectivity index (χ2v) is 12.6. The van der Waals surface area contributed by atoms with Gasteiger partial charge in [-0.2, -0.15) is 0 Å². The summed E-state index contributed by atoms with van der Waals surface area (Å²) in [5.74, 6) is 0.467. The molecule has 5 rings (SSSR count). The van der Waals surface area contributed by atoms with Crippen LogP contribution in [-0.2, 0) is 22.7 Å². The Kier molecular flexibility index (Phi) is 9.46. The smallest absolute Gasteiger partial charge is 0.242 e. The van der Waals surface area contributed by atoms with Crippen LogP contribution < -0.4 is 0 Å². The highest BCUT2D eigenvalue weighted by molar-refractivity contribution is 9.10. The minimum atomic E-state index is -0.0181. The highest BCUT2D eigenvalue weighted by atomic mass is 79.9. The lowest BCUT2D eigenvalue weighted by Gasteiger charge is -2.37. The molecule has 2 fully saturated rings. The zero-order valence-corrected chi connectivity index (χ0v) is 25.4. The highest BCUT2D eigenvalue weighted by Crippen LogP contribution is 2.48. The first-order valence-electron chi connectivity index (χ1n) is 15.0. The van der Waals surface area contributed by atoms with Gasteiger partial charge >= 0.3 is 0 Å². The fourth-order valence-corrected chi connectivity index (χ4v) is 6.44. The number of amides is 2. The third-order valence-corrected chi connectivity index (χ3v) is 9.43. The van der Waals surface area contributed by atoms with Crippen molar-refractivity contribution in [3.63, 3.8) is 0 Å². The van der Waals surface area contributed by atoms with Gasteiger partial charge in [0.05, 0.1) is 6.54 Å². The lowest BCUT2D eigenvalue weighted by Crippen LogP contribution is -2.50. The van der Waals surface area contributed by atoms with Gasteiger partial charge in [0.2, 0.25) is 11.8 Å². The fourth-order valence-electron chi connectivity index (χ4n) is 6.18. The molecular weight excluding hydrogens is 562 g/mol. The Morgan fingerprint density at radius 3 is 2.40 bits per heavy atom. The zero-order valence-electron chi connectivity index (χ0n) is 23.8. The number of carbonyl (C=O) groups is 2. The number of rotatable bonds is 11. The second-order valence-electron chi connectivity index (χ2n) is 11.7. The van der Waals surface area contributed by atoms with Crippen molar-refractivity contribution in [1.82, 2.24) is 14.4 Å². The van der Waals surface area contributed by atoms with Crippen LogP contribution in [0.15, 0.2) is 77.4 Å². The van der Waals surface area contributed by atoms with Gasteiger partial charge in [-0.1, -0.05) is 84.6 Å². The van der Waals surface area contributed by atoms with Crippen LogP contribution >= 0.6 is 15.9 Å². The van der Waals surface area contributed by atoms with Crippen LogP contribution in [0.5, 0.6) is 0 Å². The van der Waals surface area contributed by atoms with Crippen LogP contribution in [0.1, 0.15) is 81.5 Å². The first-order valence-corrected chi connectivity index (χ1v) is 15.8. The van der Waals surface area contributed by atoms with Gasteiger partial charge in [-0.3, -0.25) is 9.59 Å². The molecule has 3 atom stereocenters. The number of nitrogens with zero attached hydrogens (tertiary/aromatic N) is 3.